The van der Waals surface area contributed by atoms with Gasteiger partial charge in [0.05, 0.1) is 0 Å². The Morgan fingerprint density at radius 1 is 0.556 bits per heavy atom. The van der Waals surface area contributed by atoms with Crippen LogP contribution in [0.2, 0.25) is 0 Å². The number of hydrogen-bond donors (Lipinski definition) is 0. The van der Waals surface area contributed by atoms with Gasteiger partial charge < -0.3 is 0 Å². The van der Waals surface area contributed by atoms with Crippen LogP contribution >= 0.6 is 0 Å². The molecule has 2 heteroatoms. The van der Waals surface area contributed by atoms with Crippen molar-refractivity contribution in [1.29, 1.82) is 0 Å². The SMILES string of the molecule is O=C1/C(=C/c2cccc3ccccc23)CN(Cc2ccccc2)C/C1=C\c1cccc2ccccc12. The number of Topliss-reactive ketones (excluding diaryl/α,β-unsaturated/α-hetero) is 1. The summed E-state index contributed by atoms with van der Waals surface area (Å²) < 4.78 is 0. The third-order valence-electron chi connectivity index (χ3n) is 6.93. The van der Waals surface area contributed by atoms with Gasteiger partial charge >= 0.3 is 0 Å². The van der Waals surface area contributed by atoms with E-state index in [4.69, 9.17) is 0 Å². The summed E-state index contributed by atoms with van der Waals surface area (Å²) in [4.78, 5) is 16.2. The summed E-state index contributed by atoms with van der Waals surface area (Å²) in [7, 11) is 0. The van der Waals surface area contributed by atoms with Crippen LogP contribution in [-0.2, 0) is 11.3 Å². The van der Waals surface area contributed by atoms with Gasteiger partial charge in [-0.1, -0.05) is 115 Å². The fourth-order valence-corrected chi connectivity index (χ4v) is 5.19. The van der Waals surface area contributed by atoms with Crippen LogP contribution in [0, 0.1) is 0 Å². The Morgan fingerprint density at radius 2 is 1.03 bits per heavy atom. The lowest BCUT2D eigenvalue weighted by atomic mass is 9.92. The molecule has 5 aromatic rings. The highest BCUT2D eigenvalue weighted by Crippen LogP contribution is 2.28. The van der Waals surface area contributed by atoms with E-state index >= 15 is 0 Å². The van der Waals surface area contributed by atoms with Crippen LogP contribution in [0.15, 0.2) is 126 Å². The lowest BCUT2D eigenvalue weighted by molar-refractivity contribution is -0.113. The summed E-state index contributed by atoms with van der Waals surface area (Å²) in [5, 5.41) is 4.70. The first kappa shape index (κ1) is 22.2. The number of carbonyl (C=O) groups excluding carboxylic acids is 1. The minimum absolute atomic E-state index is 0.139. The van der Waals surface area contributed by atoms with E-state index in [1.807, 2.05) is 6.07 Å². The number of nitrogens with zero attached hydrogens (tertiary/aromatic N) is 1. The lowest BCUT2D eigenvalue weighted by Crippen LogP contribution is -2.37. The van der Waals surface area contributed by atoms with Crippen molar-refractivity contribution in [2.75, 3.05) is 13.1 Å². The van der Waals surface area contributed by atoms with E-state index in [0.29, 0.717) is 13.1 Å². The van der Waals surface area contributed by atoms with Crippen LogP contribution in [0.1, 0.15) is 16.7 Å². The molecule has 0 aliphatic carbocycles. The number of piperidine rings is 1. The summed E-state index contributed by atoms with van der Waals surface area (Å²) >= 11 is 0. The van der Waals surface area contributed by atoms with Crippen molar-refractivity contribution < 1.29 is 4.79 Å². The molecule has 0 atom stereocenters. The van der Waals surface area contributed by atoms with Crippen LogP contribution in [0.4, 0.5) is 0 Å². The van der Waals surface area contributed by atoms with Crippen LogP contribution in [0.5, 0.6) is 0 Å². The van der Waals surface area contributed by atoms with Crippen molar-refractivity contribution >= 4 is 39.5 Å². The molecule has 0 spiro atoms. The first-order chi connectivity index (χ1) is 17.7. The topological polar surface area (TPSA) is 20.3 Å². The number of hydrogen-bond acceptors (Lipinski definition) is 2. The first-order valence-electron chi connectivity index (χ1n) is 12.4. The second kappa shape index (κ2) is 9.77. The van der Waals surface area contributed by atoms with E-state index in [9.17, 15) is 4.79 Å². The molecule has 1 fully saturated rings. The number of fused-ring (bicyclic) bond motifs is 2. The highest BCUT2D eigenvalue weighted by Gasteiger charge is 2.26. The van der Waals surface area contributed by atoms with Crippen molar-refractivity contribution in [2.24, 2.45) is 0 Å². The van der Waals surface area contributed by atoms with Gasteiger partial charge in [-0.2, -0.15) is 0 Å². The predicted octanol–water partition coefficient (Wildman–Crippen LogP) is 7.54. The number of carbonyl (C=O) groups is 1. The van der Waals surface area contributed by atoms with Crippen molar-refractivity contribution in [1.82, 2.24) is 4.90 Å². The van der Waals surface area contributed by atoms with Gasteiger partial charge in [0, 0.05) is 30.8 Å². The summed E-state index contributed by atoms with van der Waals surface area (Å²) in [6.07, 6.45) is 4.19. The highest BCUT2D eigenvalue weighted by atomic mass is 16.1. The van der Waals surface area contributed by atoms with Crippen molar-refractivity contribution in [3.63, 3.8) is 0 Å². The monoisotopic (exact) mass is 465 g/mol. The molecule has 1 saturated heterocycles. The molecular weight excluding hydrogens is 438 g/mol. The molecule has 174 valence electrons. The molecule has 2 nitrogen and oxygen atoms in total. The molecule has 0 N–H and O–H groups in total. The van der Waals surface area contributed by atoms with Gasteiger partial charge in [-0.05, 0) is 50.4 Å². The van der Waals surface area contributed by atoms with E-state index in [0.717, 1.165) is 28.8 Å². The van der Waals surface area contributed by atoms with Crippen LogP contribution < -0.4 is 0 Å². The van der Waals surface area contributed by atoms with Crippen molar-refractivity contribution in [3.05, 3.63) is 143 Å². The zero-order valence-electron chi connectivity index (χ0n) is 20.1. The average molecular weight is 466 g/mol. The second-order valence-corrected chi connectivity index (χ2v) is 9.44. The second-order valence-electron chi connectivity index (χ2n) is 9.44. The molecule has 1 aliphatic rings. The standard InChI is InChI=1S/C34H27NO/c36-34-30(20-28-16-8-14-26-12-4-6-18-32(26)28)23-35(22-25-10-2-1-3-11-25)24-31(34)21-29-17-9-15-27-13-5-7-19-33(27)29/h1-21H,22-24H2/b30-20+,31-21+. The quantitative estimate of drug-likeness (QED) is 0.256. The number of rotatable bonds is 4. The summed E-state index contributed by atoms with van der Waals surface area (Å²) in [5.41, 5.74) is 5.09. The summed E-state index contributed by atoms with van der Waals surface area (Å²) in [5.74, 6) is 0.139. The van der Waals surface area contributed by atoms with E-state index in [2.05, 4.69) is 126 Å². The van der Waals surface area contributed by atoms with Gasteiger partial charge in [-0.25, -0.2) is 0 Å². The van der Waals surface area contributed by atoms with Gasteiger partial charge in [0.2, 0.25) is 0 Å². The maximum absolute atomic E-state index is 13.8. The summed E-state index contributed by atoms with van der Waals surface area (Å²) in [6.45, 7) is 2.06. The molecule has 1 aliphatic heterocycles. The normalized spacial score (nSPS) is 16.8. The molecule has 0 radical (unpaired) electrons. The van der Waals surface area contributed by atoms with Crippen LogP contribution in [-0.4, -0.2) is 23.8 Å². The maximum Gasteiger partial charge on any atom is 0.187 e. The molecule has 0 aromatic heterocycles. The van der Waals surface area contributed by atoms with Gasteiger partial charge in [0.25, 0.3) is 0 Å². The van der Waals surface area contributed by atoms with Crippen molar-refractivity contribution in [2.45, 2.75) is 6.54 Å². The van der Waals surface area contributed by atoms with Gasteiger partial charge in [0.1, 0.15) is 0 Å². The molecular formula is C34H27NO. The molecule has 36 heavy (non-hydrogen) atoms. The molecule has 5 aromatic carbocycles. The maximum atomic E-state index is 13.8. The Balaban J connectivity index is 1.44. The van der Waals surface area contributed by atoms with Crippen molar-refractivity contribution in [3.8, 4) is 0 Å². The Morgan fingerprint density at radius 3 is 1.58 bits per heavy atom. The van der Waals surface area contributed by atoms with E-state index in [1.54, 1.807) is 0 Å². The highest BCUT2D eigenvalue weighted by molar-refractivity contribution is 6.16. The van der Waals surface area contributed by atoms with E-state index in [1.165, 1.54) is 27.1 Å². The summed E-state index contributed by atoms with van der Waals surface area (Å²) in [6, 6.07) is 39.8. The fourth-order valence-electron chi connectivity index (χ4n) is 5.19. The van der Waals surface area contributed by atoms with Crippen LogP contribution in [0.25, 0.3) is 33.7 Å². The average Bonchev–Trinajstić information content (AvgIpc) is 2.92. The van der Waals surface area contributed by atoms with Crippen LogP contribution in [0.3, 0.4) is 0 Å². The number of benzene rings is 5. The predicted molar refractivity (Wildman–Crippen MR) is 151 cm³/mol. The Bertz CT molecular complexity index is 1520. The molecule has 0 amide bonds. The lowest BCUT2D eigenvalue weighted by Gasteiger charge is -2.30. The molecule has 6 rings (SSSR count). The Hall–Kier alpha value is -4.27. The Kier molecular flexibility index (Phi) is 6.03. The smallest absolute Gasteiger partial charge is 0.187 e. The van der Waals surface area contributed by atoms with E-state index < -0.39 is 0 Å². The zero-order valence-corrected chi connectivity index (χ0v) is 20.1. The molecule has 0 saturated carbocycles. The molecule has 0 unspecified atom stereocenters. The number of likely N-dealkylation sites (tertiary alicyclic amines) is 1. The molecule has 0 bridgehead atoms. The molecule has 1 heterocycles. The van der Waals surface area contributed by atoms with Gasteiger partial charge in [0.15, 0.2) is 5.78 Å². The third kappa shape index (κ3) is 4.51. The Labute approximate surface area is 211 Å². The minimum Gasteiger partial charge on any atom is -0.290 e. The van der Waals surface area contributed by atoms with Gasteiger partial charge in [-0.3, -0.25) is 9.69 Å². The minimum atomic E-state index is 0.139. The number of ketones is 1. The first-order valence-corrected chi connectivity index (χ1v) is 12.4. The fraction of sp³-hybridized carbons (Fsp3) is 0.0882. The van der Waals surface area contributed by atoms with E-state index in [-0.39, 0.29) is 5.78 Å². The largest absolute Gasteiger partial charge is 0.290 e. The zero-order chi connectivity index (χ0) is 24.3. The van der Waals surface area contributed by atoms with Gasteiger partial charge in [-0.15, -0.1) is 0 Å². The third-order valence-corrected chi connectivity index (χ3v) is 6.93.